The van der Waals surface area contributed by atoms with Crippen molar-refractivity contribution in [2.75, 3.05) is 58.9 Å². The second kappa shape index (κ2) is 15.5. The van der Waals surface area contributed by atoms with Crippen LogP contribution in [0.25, 0.3) is 0 Å². The Balaban J connectivity index is 0. The van der Waals surface area contributed by atoms with Crippen LogP contribution in [0.1, 0.15) is 32.6 Å². The van der Waals surface area contributed by atoms with Crippen molar-refractivity contribution >= 4 is 43.1 Å². The molecule has 0 spiro atoms. The normalized spacial score (nSPS) is 21.8. The predicted molar refractivity (Wildman–Crippen MR) is 108 cm³/mol. The molecule has 0 bridgehead atoms. The van der Waals surface area contributed by atoms with Crippen LogP contribution in [-0.4, -0.2) is 74.6 Å². The SMILES string of the molecule is CCN1CCN(CCCCNC(=O)C2CCCNC2)CC1.Cl.Cl.Cl. The lowest BCUT2D eigenvalue weighted by molar-refractivity contribution is -0.125. The molecule has 1 unspecified atom stereocenters. The van der Waals surface area contributed by atoms with Crippen LogP contribution in [0.15, 0.2) is 0 Å². The summed E-state index contributed by atoms with van der Waals surface area (Å²) >= 11 is 0. The van der Waals surface area contributed by atoms with Crippen molar-refractivity contribution in [3.8, 4) is 0 Å². The number of nitrogens with zero attached hydrogens (tertiary/aromatic N) is 2. The van der Waals surface area contributed by atoms with E-state index >= 15 is 0 Å². The minimum absolute atomic E-state index is 0. The molecule has 0 aromatic rings. The summed E-state index contributed by atoms with van der Waals surface area (Å²) in [7, 11) is 0. The van der Waals surface area contributed by atoms with Crippen molar-refractivity contribution in [3.63, 3.8) is 0 Å². The van der Waals surface area contributed by atoms with E-state index < -0.39 is 0 Å². The summed E-state index contributed by atoms with van der Waals surface area (Å²) in [6, 6.07) is 0. The van der Waals surface area contributed by atoms with Gasteiger partial charge >= 0.3 is 0 Å². The summed E-state index contributed by atoms with van der Waals surface area (Å²) in [6.07, 6.45) is 4.46. The minimum atomic E-state index is 0. The highest BCUT2D eigenvalue weighted by molar-refractivity contribution is 5.86. The first-order valence-corrected chi connectivity index (χ1v) is 8.72. The second-order valence-electron chi connectivity index (χ2n) is 6.32. The van der Waals surface area contributed by atoms with Crippen molar-refractivity contribution in [2.24, 2.45) is 5.92 Å². The van der Waals surface area contributed by atoms with Gasteiger partial charge in [-0.05, 0) is 45.3 Å². The van der Waals surface area contributed by atoms with Gasteiger partial charge in [-0.15, -0.1) is 37.2 Å². The fourth-order valence-electron chi connectivity index (χ4n) is 3.22. The molecule has 2 aliphatic heterocycles. The first-order chi connectivity index (χ1) is 10.3. The molecule has 5 nitrogen and oxygen atoms in total. The van der Waals surface area contributed by atoms with Gasteiger partial charge < -0.3 is 20.4 Å². The Morgan fingerprint density at radius 3 is 2.33 bits per heavy atom. The van der Waals surface area contributed by atoms with Crippen LogP contribution in [-0.2, 0) is 4.79 Å². The maximum atomic E-state index is 12.0. The third-order valence-electron chi connectivity index (χ3n) is 4.78. The minimum Gasteiger partial charge on any atom is -0.356 e. The topological polar surface area (TPSA) is 47.6 Å². The van der Waals surface area contributed by atoms with Crippen LogP contribution in [0.5, 0.6) is 0 Å². The summed E-state index contributed by atoms with van der Waals surface area (Å²) < 4.78 is 0. The highest BCUT2D eigenvalue weighted by Gasteiger charge is 2.20. The number of hydrogen-bond donors (Lipinski definition) is 2. The molecule has 2 saturated heterocycles. The third-order valence-corrected chi connectivity index (χ3v) is 4.78. The zero-order chi connectivity index (χ0) is 14.9. The van der Waals surface area contributed by atoms with E-state index in [-0.39, 0.29) is 49.0 Å². The van der Waals surface area contributed by atoms with Gasteiger partial charge in [-0.3, -0.25) is 4.79 Å². The average Bonchev–Trinajstić information content (AvgIpc) is 2.55. The predicted octanol–water partition coefficient (Wildman–Crippen LogP) is 1.79. The molecule has 146 valence electrons. The van der Waals surface area contributed by atoms with Crippen LogP contribution >= 0.6 is 37.2 Å². The van der Waals surface area contributed by atoms with Crippen LogP contribution in [0.4, 0.5) is 0 Å². The maximum absolute atomic E-state index is 12.0. The zero-order valence-corrected chi connectivity index (χ0v) is 17.2. The smallest absolute Gasteiger partial charge is 0.224 e. The van der Waals surface area contributed by atoms with E-state index in [1.807, 2.05) is 0 Å². The van der Waals surface area contributed by atoms with E-state index in [1.165, 1.54) is 45.7 Å². The molecule has 0 aliphatic carbocycles. The van der Waals surface area contributed by atoms with Crippen LogP contribution in [0.2, 0.25) is 0 Å². The zero-order valence-electron chi connectivity index (χ0n) is 14.8. The largest absolute Gasteiger partial charge is 0.356 e. The number of piperazine rings is 1. The summed E-state index contributed by atoms with van der Waals surface area (Å²) in [5, 5.41) is 6.40. The Hall–Kier alpha value is 0.220. The quantitative estimate of drug-likeness (QED) is 0.634. The molecule has 0 aromatic carbocycles. The lowest BCUT2D eigenvalue weighted by Crippen LogP contribution is -2.46. The molecule has 0 aromatic heterocycles. The average molecular weight is 406 g/mol. The Labute approximate surface area is 165 Å². The number of piperidine rings is 1. The number of hydrogen-bond acceptors (Lipinski definition) is 4. The molecule has 1 amide bonds. The van der Waals surface area contributed by atoms with Gasteiger partial charge in [0.1, 0.15) is 0 Å². The Kier molecular flexibility index (Phi) is 17.1. The van der Waals surface area contributed by atoms with Crippen molar-refractivity contribution in [1.82, 2.24) is 20.4 Å². The number of halogens is 3. The van der Waals surface area contributed by atoms with Crippen LogP contribution < -0.4 is 10.6 Å². The number of amides is 1. The van der Waals surface area contributed by atoms with Crippen molar-refractivity contribution in [3.05, 3.63) is 0 Å². The molecule has 2 heterocycles. The Morgan fingerprint density at radius 1 is 1.08 bits per heavy atom. The van der Waals surface area contributed by atoms with E-state index in [1.54, 1.807) is 0 Å². The summed E-state index contributed by atoms with van der Waals surface area (Å²) in [6.45, 7) is 12.2. The van der Waals surface area contributed by atoms with E-state index in [4.69, 9.17) is 0 Å². The molecule has 0 saturated carbocycles. The molecule has 24 heavy (non-hydrogen) atoms. The summed E-state index contributed by atoms with van der Waals surface area (Å²) in [5.74, 6) is 0.444. The van der Waals surface area contributed by atoms with Gasteiger partial charge in [0.15, 0.2) is 0 Å². The lowest BCUT2D eigenvalue weighted by atomic mass is 9.99. The number of rotatable bonds is 7. The van der Waals surface area contributed by atoms with Gasteiger partial charge in [0.2, 0.25) is 5.91 Å². The molecule has 2 N–H and O–H groups in total. The van der Waals surface area contributed by atoms with Gasteiger partial charge in [-0.25, -0.2) is 0 Å². The first-order valence-electron chi connectivity index (χ1n) is 8.72. The van der Waals surface area contributed by atoms with E-state index in [9.17, 15) is 4.79 Å². The Bertz CT molecular complexity index is 310. The van der Waals surface area contributed by atoms with E-state index in [0.717, 1.165) is 38.9 Å². The molecule has 0 radical (unpaired) electrons. The highest BCUT2D eigenvalue weighted by Crippen LogP contribution is 2.09. The molecular formula is C16H35Cl3N4O. The third kappa shape index (κ3) is 9.64. The maximum Gasteiger partial charge on any atom is 0.224 e. The second-order valence-corrected chi connectivity index (χ2v) is 6.32. The highest BCUT2D eigenvalue weighted by atomic mass is 35.5. The van der Waals surface area contributed by atoms with Gasteiger partial charge in [-0.1, -0.05) is 6.92 Å². The monoisotopic (exact) mass is 404 g/mol. The fraction of sp³-hybridized carbons (Fsp3) is 0.938. The van der Waals surface area contributed by atoms with Crippen LogP contribution in [0.3, 0.4) is 0 Å². The Morgan fingerprint density at radius 2 is 1.75 bits per heavy atom. The first kappa shape index (κ1) is 26.4. The van der Waals surface area contributed by atoms with Crippen molar-refractivity contribution in [1.29, 1.82) is 0 Å². The summed E-state index contributed by atoms with van der Waals surface area (Å²) in [5.41, 5.74) is 0. The number of nitrogens with one attached hydrogen (secondary N) is 2. The van der Waals surface area contributed by atoms with Gasteiger partial charge in [0, 0.05) is 39.3 Å². The van der Waals surface area contributed by atoms with E-state index in [0.29, 0.717) is 0 Å². The number of likely N-dealkylation sites (N-methyl/N-ethyl adjacent to an activating group) is 1. The van der Waals surface area contributed by atoms with E-state index in [2.05, 4.69) is 27.4 Å². The number of carbonyl (C=O) groups is 1. The van der Waals surface area contributed by atoms with Gasteiger partial charge in [0.25, 0.3) is 0 Å². The number of unbranched alkanes of at least 4 members (excludes halogenated alkanes) is 1. The lowest BCUT2D eigenvalue weighted by Gasteiger charge is -2.34. The molecule has 8 heteroatoms. The molecule has 2 aliphatic rings. The van der Waals surface area contributed by atoms with Crippen molar-refractivity contribution < 1.29 is 4.79 Å². The van der Waals surface area contributed by atoms with Gasteiger partial charge in [0.05, 0.1) is 5.92 Å². The van der Waals surface area contributed by atoms with Crippen LogP contribution in [0, 0.1) is 5.92 Å². The fourth-order valence-corrected chi connectivity index (χ4v) is 3.22. The van der Waals surface area contributed by atoms with Crippen molar-refractivity contribution in [2.45, 2.75) is 32.6 Å². The number of carbonyl (C=O) groups excluding carboxylic acids is 1. The molecule has 1 atom stereocenters. The van der Waals surface area contributed by atoms with Gasteiger partial charge in [-0.2, -0.15) is 0 Å². The molecule has 2 fully saturated rings. The molecule has 2 rings (SSSR count). The standard InChI is InChI=1S/C16H32N4O.3ClH/c1-2-19-10-12-20(13-11-19)9-4-3-8-18-16(21)15-6-5-7-17-14-15;;;/h15,17H,2-14H2,1H3,(H,18,21);3*1H. The summed E-state index contributed by atoms with van der Waals surface area (Å²) in [4.78, 5) is 17.0. The molecular weight excluding hydrogens is 371 g/mol.